The summed E-state index contributed by atoms with van der Waals surface area (Å²) in [5.74, 6) is 0. The highest BCUT2D eigenvalue weighted by atomic mass is 79.9. The molecule has 1 unspecified atom stereocenters. The van der Waals surface area contributed by atoms with E-state index in [-0.39, 0.29) is 4.83 Å². The fourth-order valence-electron chi connectivity index (χ4n) is 1.55. The highest BCUT2D eigenvalue weighted by molar-refractivity contribution is 9.09. The van der Waals surface area contributed by atoms with Gasteiger partial charge in [-0.15, -0.1) is 11.3 Å². The monoisotopic (exact) mass is 388 g/mol. The molecule has 0 saturated heterocycles. The number of benzene rings is 1. The van der Waals surface area contributed by atoms with Crippen LogP contribution in [0.2, 0.25) is 8.67 Å². The van der Waals surface area contributed by atoms with Crippen molar-refractivity contribution in [3.05, 3.63) is 55.7 Å². The lowest BCUT2D eigenvalue weighted by Gasteiger charge is -2.11. The summed E-state index contributed by atoms with van der Waals surface area (Å²) < 4.78 is 38.4. The molecule has 102 valence electrons. The summed E-state index contributed by atoms with van der Waals surface area (Å²) in [6.07, 6.45) is -4.33. The molecule has 1 heterocycles. The molecular formula is C12H6BrCl2F3S. The summed E-state index contributed by atoms with van der Waals surface area (Å²) in [6, 6.07) is 6.64. The van der Waals surface area contributed by atoms with E-state index in [2.05, 4.69) is 15.9 Å². The lowest BCUT2D eigenvalue weighted by molar-refractivity contribution is -0.137. The van der Waals surface area contributed by atoms with Crippen LogP contribution in [0, 0.1) is 0 Å². The minimum absolute atomic E-state index is 0.286. The zero-order valence-corrected chi connectivity index (χ0v) is 13.1. The maximum Gasteiger partial charge on any atom is 0.416 e. The van der Waals surface area contributed by atoms with E-state index in [9.17, 15) is 13.2 Å². The van der Waals surface area contributed by atoms with E-state index < -0.39 is 11.7 Å². The zero-order chi connectivity index (χ0) is 14.2. The Bertz CT molecular complexity index is 578. The van der Waals surface area contributed by atoms with E-state index in [0.29, 0.717) is 14.2 Å². The Labute approximate surface area is 130 Å². The van der Waals surface area contributed by atoms with Crippen molar-refractivity contribution in [3.63, 3.8) is 0 Å². The average Bonchev–Trinajstić information content (AvgIpc) is 2.66. The van der Waals surface area contributed by atoms with E-state index in [0.717, 1.165) is 17.7 Å². The van der Waals surface area contributed by atoms with Crippen LogP contribution in [0.4, 0.5) is 13.2 Å². The topological polar surface area (TPSA) is 0 Å². The summed E-state index contributed by atoms with van der Waals surface area (Å²) in [7, 11) is 0. The first-order valence-electron chi connectivity index (χ1n) is 5.05. The van der Waals surface area contributed by atoms with E-state index in [1.54, 1.807) is 6.07 Å². The molecular weight excluding hydrogens is 384 g/mol. The number of hydrogen-bond acceptors (Lipinski definition) is 1. The average molecular weight is 390 g/mol. The van der Waals surface area contributed by atoms with Gasteiger partial charge in [0.15, 0.2) is 0 Å². The molecule has 0 bridgehead atoms. The predicted octanol–water partition coefficient (Wildman–Crippen LogP) is 6.56. The van der Waals surface area contributed by atoms with Crippen LogP contribution in [0.25, 0.3) is 0 Å². The standard InChI is InChI=1S/C12H6BrCl2F3S/c13-10(8-5-9(14)19-11(8)15)6-1-3-7(4-2-6)12(16,17)18/h1-5,10H. The maximum absolute atomic E-state index is 12.5. The Morgan fingerprint density at radius 1 is 1.11 bits per heavy atom. The molecule has 0 aliphatic carbocycles. The van der Waals surface area contributed by atoms with Crippen LogP contribution in [-0.2, 0) is 6.18 Å². The molecule has 0 aliphatic rings. The lowest BCUT2D eigenvalue weighted by atomic mass is 10.1. The first kappa shape index (κ1) is 15.2. The van der Waals surface area contributed by atoms with Gasteiger partial charge in [-0.2, -0.15) is 13.2 Å². The summed E-state index contributed by atoms with van der Waals surface area (Å²) in [5, 5.41) is 0. The summed E-state index contributed by atoms with van der Waals surface area (Å²) >= 11 is 16.5. The fraction of sp³-hybridized carbons (Fsp3) is 0.167. The minimum atomic E-state index is -4.33. The Hall–Kier alpha value is -0.230. The Morgan fingerprint density at radius 2 is 1.68 bits per heavy atom. The number of rotatable bonds is 2. The van der Waals surface area contributed by atoms with Crippen LogP contribution in [-0.4, -0.2) is 0 Å². The van der Waals surface area contributed by atoms with Gasteiger partial charge in [0.05, 0.1) is 19.1 Å². The van der Waals surface area contributed by atoms with Gasteiger partial charge < -0.3 is 0 Å². The molecule has 0 saturated carbocycles. The van der Waals surface area contributed by atoms with Crippen molar-refractivity contribution in [2.24, 2.45) is 0 Å². The summed E-state index contributed by atoms with van der Waals surface area (Å²) in [5.41, 5.74) is 0.756. The molecule has 0 fully saturated rings. The van der Waals surface area contributed by atoms with E-state index in [4.69, 9.17) is 23.2 Å². The highest BCUT2D eigenvalue weighted by Gasteiger charge is 2.30. The third kappa shape index (κ3) is 3.45. The van der Waals surface area contributed by atoms with E-state index in [1.807, 2.05) is 0 Å². The predicted molar refractivity (Wildman–Crippen MR) is 76.6 cm³/mol. The van der Waals surface area contributed by atoms with Gasteiger partial charge >= 0.3 is 6.18 Å². The normalized spacial score (nSPS) is 13.6. The molecule has 19 heavy (non-hydrogen) atoms. The summed E-state index contributed by atoms with van der Waals surface area (Å²) in [6.45, 7) is 0. The molecule has 7 heteroatoms. The van der Waals surface area contributed by atoms with Gasteiger partial charge in [-0.05, 0) is 23.8 Å². The van der Waals surface area contributed by atoms with Crippen molar-refractivity contribution in [1.82, 2.24) is 0 Å². The molecule has 1 aromatic carbocycles. The number of halogens is 6. The molecule has 1 aromatic heterocycles. The molecule has 2 rings (SSSR count). The van der Waals surface area contributed by atoms with Gasteiger partial charge in [0.2, 0.25) is 0 Å². The Balaban J connectivity index is 2.30. The Morgan fingerprint density at radius 3 is 2.11 bits per heavy atom. The van der Waals surface area contributed by atoms with E-state index in [1.165, 1.54) is 23.5 Å². The molecule has 2 aromatic rings. The van der Waals surface area contributed by atoms with Crippen molar-refractivity contribution in [1.29, 1.82) is 0 Å². The maximum atomic E-state index is 12.5. The second-order valence-electron chi connectivity index (χ2n) is 3.76. The van der Waals surface area contributed by atoms with Crippen LogP contribution in [0.15, 0.2) is 30.3 Å². The zero-order valence-electron chi connectivity index (χ0n) is 9.14. The third-order valence-electron chi connectivity index (χ3n) is 2.49. The molecule has 1 atom stereocenters. The van der Waals surface area contributed by atoms with Crippen molar-refractivity contribution in [2.75, 3.05) is 0 Å². The number of hydrogen-bond donors (Lipinski definition) is 0. The van der Waals surface area contributed by atoms with Gasteiger partial charge in [-0.1, -0.05) is 51.3 Å². The lowest BCUT2D eigenvalue weighted by Crippen LogP contribution is -2.04. The first-order valence-corrected chi connectivity index (χ1v) is 7.54. The van der Waals surface area contributed by atoms with Crippen molar-refractivity contribution in [3.8, 4) is 0 Å². The molecule has 0 spiro atoms. The molecule has 0 N–H and O–H groups in total. The van der Waals surface area contributed by atoms with Gasteiger partial charge in [-0.25, -0.2) is 0 Å². The second kappa shape index (κ2) is 5.64. The van der Waals surface area contributed by atoms with Crippen molar-refractivity contribution >= 4 is 50.5 Å². The van der Waals surface area contributed by atoms with Crippen LogP contribution in [0.1, 0.15) is 21.5 Å². The van der Waals surface area contributed by atoms with Crippen LogP contribution in [0.3, 0.4) is 0 Å². The van der Waals surface area contributed by atoms with Crippen LogP contribution >= 0.6 is 50.5 Å². The second-order valence-corrected chi connectivity index (χ2v) is 6.96. The van der Waals surface area contributed by atoms with Gasteiger partial charge in [0.1, 0.15) is 0 Å². The Kier molecular flexibility index (Phi) is 4.50. The third-order valence-corrected chi connectivity index (χ3v) is 5.03. The van der Waals surface area contributed by atoms with Crippen LogP contribution < -0.4 is 0 Å². The quantitative estimate of drug-likeness (QED) is 0.510. The number of alkyl halides is 4. The number of thiophene rings is 1. The van der Waals surface area contributed by atoms with E-state index >= 15 is 0 Å². The van der Waals surface area contributed by atoms with Crippen molar-refractivity contribution < 1.29 is 13.2 Å². The van der Waals surface area contributed by atoms with Gasteiger partial charge in [0, 0.05) is 5.56 Å². The molecule has 0 radical (unpaired) electrons. The van der Waals surface area contributed by atoms with Gasteiger partial charge in [-0.3, -0.25) is 0 Å². The first-order chi connectivity index (χ1) is 8.79. The summed E-state index contributed by atoms with van der Waals surface area (Å²) in [4.78, 5) is -0.286. The van der Waals surface area contributed by atoms with Crippen LogP contribution in [0.5, 0.6) is 0 Å². The minimum Gasteiger partial charge on any atom is -0.166 e. The van der Waals surface area contributed by atoms with Gasteiger partial charge in [0.25, 0.3) is 0 Å². The van der Waals surface area contributed by atoms with Crippen molar-refractivity contribution in [2.45, 2.75) is 11.0 Å². The molecule has 0 aliphatic heterocycles. The smallest absolute Gasteiger partial charge is 0.166 e. The highest BCUT2D eigenvalue weighted by Crippen LogP contribution is 2.42. The largest absolute Gasteiger partial charge is 0.416 e. The molecule has 0 nitrogen and oxygen atoms in total. The fourth-order valence-corrected chi connectivity index (χ4v) is 4.03. The SMILES string of the molecule is FC(F)(F)c1ccc(C(Br)c2cc(Cl)sc2Cl)cc1. The molecule has 0 amide bonds.